The first-order chi connectivity index (χ1) is 9.79. The van der Waals surface area contributed by atoms with Gasteiger partial charge in [0.2, 0.25) is 4.77 Å². The van der Waals surface area contributed by atoms with Crippen molar-refractivity contribution in [3.8, 4) is 5.75 Å². The molecule has 1 aromatic heterocycles. The topological polar surface area (TPSA) is 54.9 Å². The molecule has 0 saturated carbocycles. The Morgan fingerprint density at radius 3 is 2.90 bits per heavy atom. The minimum absolute atomic E-state index is 0.532. The Balaban J connectivity index is 2.00. The molecule has 2 aromatic carbocycles. The van der Waals surface area contributed by atoms with Gasteiger partial charge in [-0.2, -0.15) is 5.10 Å². The fraction of sp³-hybridized carbons (Fsp3) is 0.143. The Kier molecular flexibility index (Phi) is 3.39. The molecule has 6 heteroatoms. The minimum Gasteiger partial charge on any atom is -0.496 e. The van der Waals surface area contributed by atoms with Crippen LogP contribution >= 0.6 is 12.2 Å². The third kappa shape index (κ3) is 2.25. The van der Waals surface area contributed by atoms with E-state index in [9.17, 15) is 0 Å². The lowest BCUT2D eigenvalue weighted by Gasteiger charge is -2.13. The van der Waals surface area contributed by atoms with Crippen LogP contribution in [-0.2, 0) is 6.54 Å². The summed E-state index contributed by atoms with van der Waals surface area (Å²) in [5.41, 5.74) is 4.31. The first-order valence-corrected chi connectivity index (χ1v) is 6.61. The second kappa shape index (κ2) is 5.34. The summed E-state index contributed by atoms with van der Waals surface area (Å²) >= 11 is 5.11. The summed E-state index contributed by atoms with van der Waals surface area (Å²) in [6.45, 7) is 0.596. The average Bonchev–Trinajstić information content (AvgIpc) is 2.90. The van der Waals surface area contributed by atoms with E-state index >= 15 is 0 Å². The molecule has 0 atom stereocenters. The van der Waals surface area contributed by atoms with Crippen molar-refractivity contribution in [1.29, 1.82) is 0 Å². The average molecular weight is 286 g/mol. The molecule has 0 amide bonds. The summed E-state index contributed by atoms with van der Waals surface area (Å²) in [5, 5.41) is 8.93. The minimum atomic E-state index is 0.532. The van der Waals surface area contributed by atoms with Crippen molar-refractivity contribution < 1.29 is 4.74 Å². The number of methoxy groups -OCH3 is 1. The van der Waals surface area contributed by atoms with Gasteiger partial charge in [0, 0.05) is 5.56 Å². The predicted octanol–water partition coefficient (Wildman–Crippen LogP) is 2.85. The molecule has 2 N–H and O–H groups in total. The van der Waals surface area contributed by atoms with E-state index in [4.69, 9.17) is 17.0 Å². The first kappa shape index (κ1) is 12.7. The molecular formula is C14H14N4OS. The Morgan fingerprint density at radius 2 is 2.15 bits per heavy atom. The van der Waals surface area contributed by atoms with Crippen LogP contribution in [0.2, 0.25) is 0 Å². The number of fused-ring (bicyclic) bond motifs is 1. The monoisotopic (exact) mass is 286 g/mol. The van der Waals surface area contributed by atoms with Crippen molar-refractivity contribution in [2.75, 3.05) is 12.5 Å². The van der Waals surface area contributed by atoms with E-state index in [2.05, 4.69) is 33.8 Å². The summed E-state index contributed by atoms with van der Waals surface area (Å²) in [5.74, 6) is 0.853. The van der Waals surface area contributed by atoms with Gasteiger partial charge in [-0.15, -0.1) is 0 Å². The van der Waals surface area contributed by atoms with E-state index in [0.29, 0.717) is 11.3 Å². The molecule has 0 fully saturated rings. The Morgan fingerprint density at radius 1 is 1.30 bits per heavy atom. The maximum atomic E-state index is 5.45. The van der Waals surface area contributed by atoms with Crippen LogP contribution in [0.3, 0.4) is 0 Å². The van der Waals surface area contributed by atoms with Crippen molar-refractivity contribution in [3.05, 3.63) is 53.1 Å². The summed E-state index contributed by atoms with van der Waals surface area (Å²) in [4.78, 5) is 0. The van der Waals surface area contributed by atoms with E-state index in [1.165, 1.54) is 5.39 Å². The number of ether oxygens (including phenoxy) is 1. The number of nitrogens with one attached hydrogen (secondary N) is 2. The van der Waals surface area contributed by atoms with Crippen LogP contribution in [-0.4, -0.2) is 22.0 Å². The SMILES string of the molecule is COc1ccc2ccccc2c1CNn1cn[nH]c1=S. The van der Waals surface area contributed by atoms with Crippen LogP contribution in [0.15, 0.2) is 42.7 Å². The molecule has 0 bridgehead atoms. The van der Waals surface area contributed by atoms with Crippen LogP contribution in [0.4, 0.5) is 0 Å². The highest BCUT2D eigenvalue weighted by Crippen LogP contribution is 2.27. The first-order valence-electron chi connectivity index (χ1n) is 6.20. The van der Waals surface area contributed by atoms with Crippen molar-refractivity contribution in [2.24, 2.45) is 0 Å². The third-order valence-electron chi connectivity index (χ3n) is 3.20. The largest absolute Gasteiger partial charge is 0.496 e. The van der Waals surface area contributed by atoms with Crippen LogP contribution < -0.4 is 10.2 Å². The van der Waals surface area contributed by atoms with Gasteiger partial charge in [-0.3, -0.25) is 5.10 Å². The number of rotatable bonds is 4. The fourth-order valence-corrected chi connectivity index (χ4v) is 2.38. The number of aromatic amines is 1. The lowest BCUT2D eigenvalue weighted by Crippen LogP contribution is -2.14. The molecular weight excluding hydrogens is 272 g/mol. The number of H-pyrrole nitrogens is 1. The van der Waals surface area contributed by atoms with Crippen LogP contribution in [0.1, 0.15) is 5.56 Å². The van der Waals surface area contributed by atoms with Gasteiger partial charge in [-0.1, -0.05) is 30.3 Å². The van der Waals surface area contributed by atoms with Gasteiger partial charge in [0.1, 0.15) is 12.1 Å². The van der Waals surface area contributed by atoms with Crippen LogP contribution in [0.5, 0.6) is 5.75 Å². The second-order valence-electron chi connectivity index (χ2n) is 4.33. The van der Waals surface area contributed by atoms with Gasteiger partial charge in [0.15, 0.2) is 0 Å². The molecule has 20 heavy (non-hydrogen) atoms. The van der Waals surface area contributed by atoms with E-state index in [1.54, 1.807) is 18.1 Å². The van der Waals surface area contributed by atoms with Crippen molar-refractivity contribution in [1.82, 2.24) is 14.9 Å². The molecule has 0 spiro atoms. The molecule has 3 rings (SSSR count). The van der Waals surface area contributed by atoms with Gasteiger partial charge in [0.25, 0.3) is 0 Å². The van der Waals surface area contributed by atoms with Gasteiger partial charge >= 0.3 is 0 Å². The Bertz CT molecular complexity index is 793. The summed E-state index contributed by atoms with van der Waals surface area (Å²) in [6, 6.07) is 12.3. The number of aromatic nitrogens is 3. The molecule has 0 aliphatic carbocycles. The Hall–Kier alpha value is -2.34. The van der Waals surface area contributed by atoms with Gasteiger partial charge in [-0.05, 0) is 29.1 Å². The lowest BCUT2D eigenvalue weighted by molar-refractivity contribution is 0.410. The highest BCUT2D eigenvalue weighted by molar-refractivity contribution is 7.71. The highest BCUT2D eigenvalue weighted by Gasteiger charge is 2.08. The smallest absolute Gasteiger partial charge is 0.214 e. The number of nitrogens with zero attached hydrogens (tertiary/aromatic N) is 2. The molecule has 5 nitrogen and oxygen atoms in total. The van der Waals surface area contributed by atoms with Crippen LogP contribution in [0.25, 0.3) is 10.8 Å². The van der Waals surface area contributed by atoms with Gasteiger partial charge < -0.3 is 10.2 Å². The third-order valence-corrected chi connectivity index (χ3v) is 3.48. The maximum Gasteiger partial charge on any atom is 0.214 e. The highest BCUT2D eigenvalue weighted by atomic mass is 32.1. The molecule has 0 unspecified atom stereocenters. The van der Waals surface area contributed by atoms with E-state index in [-0.39, 0.29) is 0 Å². The molecule has 0 saturated heterocycles. The van der Waals surface area contributed by atoms with E-state index < -0.39 is 0 Å². The second-order valence-corrected chi connectivity index (χ2v) is 4.72. The number of hydrogen-bond acceptors (Lipinski definition) is 4. The molecule has 3 aromatic rings. The maximum absolute atomic E-state index is 5.45. The zero-order valence-electron chi connectivity index (χ0n) is 11.0. The van der Waals surface area contributed by atoms with Crippen LogP contribution in [0, 0.1) is 4.77 Å². The molecule has 0 aliphatic rings. The number of benzene rings is 2. The zero-order valence-corrected chi connectivity index (χ0v) is 11.8. The molecule has 0 aliphatic heterocycles. The van der Waals surface area contributed by atoms with E-state index in [0.717, 1.165) is 16.7 Å². The quantitative estimate of drug-likeness (QED) is 0.724. The van der Waals surface area contributed by atoms with Gasteiger partial charge in [0.05, 0.1) is 13.7 Å². The normalized spacial score (nSPS) is 10.7. The predicted molar refractivity (Wildman–Crippen MR) is 81.0 cm³/mol. The van der Waals surface area contributed by atoms with Crippen molar-refractivity contribution in [2.45, 2.75) is 6.54 Å². The summed E-state index contributed by atoms with van der Waals surface area (Å²) < 4.78 is 7.66. The Labute approximate surface area is 121 Å². The van der Waals surface area contributed by atoms with Crippen molar-refractivity contribution in [3.63, 3.8) is 0 Å². The van der Waals surface area contributed by atoms with Crippen molar-refractivity contribution >= 4 is 23.0 Å². The van der Waals surface area contributed by atoms with E-state index in [1.807, 2.05) is 18.2 Å². The number of hydrogen-bond donors (Lipinski definition) is 2. The molecule has 1 heterocycles. The molecule has 0 radical (unpaired) electrons. The zero-order chi connectivity index (χ0) is 13.9. The fourth-order valence-electron chi connectivity index (χ4n) is 2.21. The van der Waals surface area contributed by atoms with Gasteiger partial charge in [-0.25, -0.2) is 4.68 Å². The lowest BCUT2D eigenvalue weighted by atomic mass is 10.0. The molecule has 102 valence electrons. The summed E-state index contributed by atoms with van der Waals surface area (Å²) in [6.07, 6.45) is 1.61. The standard InChI is InChI=1S/C14H14N4OS/c1-19-13-7-6-10-4-2-3-5-11(10)12(13)8-16-18-9-15-17-14(18)20/h2-7,9,16H,8H2,1H3,(H,17,20). The summed E-state index contributed by atoms with van der Waals surface area (Å²) in [7, 11) is 1.68.